The molecule has 0 aliphatic rings. The average molecular weight is 490 g/mol. The molecule has 0 unspecified atom stereocenters. The van der Waals surface area contributed by atoms with Crippen LogP contribution in [0.15, 0.2) is 59.8 Å². The number of nitrogens with one attached hydrogen (secondary N) is 1. The minimum absolute atomic E-state index is 0.161. The minimum Gasteiger partial charge on any atom is -0.323 e. The van der Waals surface area contributed by atoms with Crippen LogP contribution in [0.2, 0.25) is 0 Å². The largest absolute Gasteiger partial charge is 0.323 e. The summed E-state index contributed by atoms with van der Waals surface area (Å²) in [6.45, 7) is 4.86. The van der Waals surface area contributed by atoms with Crippen LogP contribution in [-0.2, 0) is 17.8 Å². The molecular formula is C24H23N7OS2. The smallest absolute Gasteiger partial charge is 0.236 e. The summed E-state index contributed by atoms with van der Waals surface area (Å²) in [7, 11) is 0. The van der Waals surface area contributed by atoms with E-state index in [1.807, 2.05) is 38.1 Å². The fraction of sp³-hybridized carbons (Fsp3) is 0.250. The number of nitrogens with zero attached hydrogens (tertiary/aromatic N) is 6. The second-order valence-corrected chi connectivity index (χ2v) is 10.1. The van der Waals surface area contributed by atoms with E-state index in [9.17, 15) is 4.79 Å². The summed E-state index contributed by atoms with van der Waals surface area (Å²) in [4.78, 5) is 17.2. The average Bonchev–Trinajstić information content (AvgIpc) is 3.44. The Morgan fingerprint density at radius 2 is 1.82 bits per heavy atom. The lowest BCUT2D eigenvalue weighted by atomic mass is 10.1. The van der Waals surface area contributed by atoms with Gasteiger partial charge in [0.1, 0.15) is 10.5 Å². The van der Waals surface area contributed by atoms with Crippen LogP contribution < -0.4 is 5.32 Å². The van der Waals surface area contributed by atoms with Gasteiger partial charge in [0, 0.05) is 17.8 Å². The quantitative estimate of drug-likeness (QED) is 0.309. The van der Waals surface area contributed by atoms with E-state index in [1.54, 1.807) is 0 Å². The highest BCUT2D eigenvalue weighted by atomic mass is 32.2. The number of benzene rings is 2. The highest BCUT2D eigenvalue weighted by Crippen LogP contribution is 2.28. The maximum absolute atomic E-state index is 12.4. The highest BCUT2D eigenvalue weighted by Gasteiger charge is 2.16. The summed E-state index contributed by atoms with van der Waals surface area (Å²) >= 11 is 2.65. The lowest BCUT2D eigenvalue weighted by Gasteiger charge is -2.07. The topological polar surface area (TPSA) is 98.5 Å². The van der Waals surface area contributed by atoms with Gasteiger partial charge in [0.15, 0.2) is 5.65 Å². The number of para-hydroxylation sites is 1. The molecule has 3 aromatic heterocycles. The Labute approximate surface area is 204 Å². The van der Waals surface area contributed by atoms with E-state index >= 15 is 0 Å². The maximum Gasteiger partial charge on any atom is 0.236 e. The van der Waals surface area contributed by atoms with Gasteiger partial charge in [-0.3, -0.25) is 10.1 Å². The zero-order valence-electron chi connectivity index (χ0n) is 18.8. The van der Waals surface area contributed by atoms with Gasteiger partial charge in [-0.1, -0.05) is 85.5 Å². The number of thioether (sulfide) groups is 1. The van der Waals surface area contributed by atoms with Crippen LogP contribution in [0.3, 0.4) is 0 Å². The van der Waals surface area contributed by atoms with Crippen molar-refractivity contribution < 1.29 is 4.79 Å². The number of carbonyl (C=O) groups excluding carboxylic acids is 1. The van der Waals surface area contributed by atoms with Gasteiger partial charge >= 0.3 is 0 Å². The van der Waals surface area contributed by atoms with Gasteiger partial charge in [0.25, 0.3) is 0 Å². The first-order valence-corrected chi connectivity index (χ1v) is 12.8. The predicted molar refractivity (Wildman–Crippen MR) is 136 cm³/mol. The van der Waals surface area contributed by atoms with Crippen LogP contribution in [0, 0.1) is 0 Å². The normalized spacial score (nSPS) is 11.5. The van der Waals surface area contributed by atoms with Crippen molar-refractivity contribution in [1.29, 1.82) is 0 Å². The van der Waals surface area contributed by atoms with Gasteiger partial charge < -0.3 is 4.57 Å². The van der Waals surface area contributed by atoms with E-state index < -0.39 is 0 Å². The number of anilines is 1. The van der Waals surface area contributed by atoms with Crippen molar-refractivity contribution in [3.8, 4) is 0 Å². The van der Waals surface area contributed by atoms with Crippen LogP contribution in [0.5, 0.6) is 0 Å². The SMILES string of the molecule is CC(C)c1nnc(NC(=O)CSc2nnc3c4ccccc4n(CCc4ccccc4)c3n2)s1. The molecule has 34 heavy (non-hydrogen) atoms. The van der Waals surface area contributed by atoms with E-state index in [4.69, 9.17) is 4.98 Å². The van der Waals surface area contributed by atoms with Crippen LogP contribution in [0.4, 0.5) is 5.13 Å². The van der Waals surface area contributed by atoms with Gasteiger partial charge in [0.05, 0.1) is 11.3 Å². The molecule has 172 valence electrons. The number of amides is 1. The number of hydrogen-bond acceptors (Lipinski definition) is 8. The molecule has 0 aliphatic carbocycles. The fourth-order valence-corrected chi connectivity index (χ4v) is 5.01. The van der Waals surface area contributed by atoms with Crippen LogP contribution >= 0.6 is 23.1 Å². The van der Waals surface area contributed by atoms with E-state index in [2.05, 4.69) is 60.6 Å². The molecular weight excluding hydrogens is 466 g/mol. The molecule has 0 saturated heterocycles. The lowest BCUT2D eigenvalue weighted by Crippen LogP contribution is -2.14. The standard InChI is InChI=1S/C24H23N7OS2/c1-15(2)22-28-30-24(34-22)25-19(32)14-33-23-26-21-20(27-29-23)17-10-6-7-11-18(17)31(21)13-12-16-8-4-3-5-9-16/h3-11,15H,12-14H2,1-2H3,(H,25,30,32). The van der Waals surface area contributed by atoms with Crippen molar-refractivity contribution in [3.05, 3.63) is 65.2 Å². The van der Waals surface area contributed by atoms with E-state index in [0.29, 0.717) is 10.3 Å². The number of aryl methyl sites for hydroxylation is 2. The van der Waals surface area contributed by atoms with Crippen molar-refractivity contribution in [2.45, 2.75) is 37.9 Å². The number of fused-ring (bicyclic) bond motifs is 3. The number of hydrogen-bond donors (Lipinski definition) is 1. The van der Waals surface area contributed by atoms with Crippen molar-refractivity contribution >= 4 is 56.2 Å². The van der Waals surface area contributed by atoms with Crippen molar-refractivity contribution in [1.82, 2.24) is 29.9 Å². The third-order valence-corrected chi connectivity index (χ3v) is 7.31. The first-order valence-electron chi connectivity index (χ1n) is 11.0. The van der Waals surface area contributed by atoms with Crippen LogP contribution in [0.25, 0.3) is 22.1 Å². The van der Waals surface area contributed by atoms with E-state index in [0.717, 1.165) is 40.0 Å². The highest BCUT2D eigenvalue weighted by molar-refractivity contribution is 7.99. The predicted octanol–water partition coefficient (Wildman–Crippen LogP) is 4.93. The summed E-state index contributed by atoms with van der Waals surface area (Å²) in [6.07, 6.45) is 0.879. The third-order valence-electron chi connectivity index (χ3n) is 5.33. The van der Waals surface area contributed by atoms with Crippen molar-refractivity contribution in [2.24, 2.45) is 0 Å². The molecule has 8 nitrogen and oxygen atoms in total. The summed E-state index contributed by atoms with van der Waals surface area (Å²) < 4.78 is 2.19. The van der Waals surface area contributed by atoms with Gasteiger partial charge in [-0.15, -0.1) is 20.4 Å². The molecule has 10 heteroatoms. The fourth-order valence-electron chi connectivity index (χ4n) is 3.67. The Morgan fingerprint density at radius 3 is 2.62 bits per heavy atom. The molecule has 1 amide bonds. The Kier molecular flexibility index (Phi) is 6.50. The molecule has 0 radical (unpaired) electrons. The second kappa shape index (κ2) is 9.86. The first-order chi connectivity index (χ1) is 16.6. The zero-order chi connectivity index (χ0) is 23.5. The summed E-state index contributed by atoms with van der Waals surface area (Å²) in [5, 5.41) is 22.6. The Bertz CT molecular complexity index is 1450. The molecule has 2 aromatic carbocycles. The number of aromatic nitrogens is 6. The van der Waals surface area contributed by atoms with Crippen molar-refractivity contribution in [3.63, 3.8) is 0 Å². The second-order valence-electron chi connectivity index (χ2n) is 8.11. The summed E-state index contributed by atoms with van der Waals surface area (Å²) in [6, 6.07) is 18.5. The Hall–Kier alpha value is -3.37. The van der Waals surface area contributed by atoms with Crippen LogP contribution in [0.1, 0.15) is 30.3 Å². The third kappa shape index (κ3) is 4.78. The number of carbonyl (C=O) groups is 1. The summed E-state index contributed by atoms with van der Waals surface area (Å²) in [5.74, 6) is 0.260. The minimum atomic E-state index is -0.176. The van der Waals surface area contributed by atoms with E-state index in [1.165, 1.54) is 28.7 Å². The molecule has 0 bridgehead atoms. The first kappa shape index (κ1) is 22.4. The monoisotopic (exact) mass is 489 g/mol. The molecule has 1 N–H and O–H groups in total. The molecule has 0 fully saturated rings. The van der Waals surface area contributed by atoms with Gasteiger partial charge in [-0.05, 0) is 18.1 Å². The van der Waals surface area contributed by atoms with Crippen molar-refractivity contribution in [2.75, 3.05) is 11.1 Å². The Balaban J connectivity index is 1.35. The maximum atomic E-state index is 12.4. The van der Waals surface area contributed by atoms with Crippen LogP contribution in [-0.4, -0.2) is 41.6 Å². The molecule has 0 atom stereocenters. The molecule has 0 saturated carbocycles. The van der Waals surface area contributed by atoms with Gasteiger partial charge in [0.2, 0.25) is 16.2 Å². The van der Waals surface area contributed by atoms with E-state index in [-0.39, 0.29) is 17.6 Å². The zero-order valence-corrected chi connectivity index (χ0v) is 20.4. The molecule has 0 aliphatic heterocycles. The Morgan fingerprint density at radius 1 is 1.03 bits per heavy atom. The van der Waals surface area contributed by atoms with Gasteiger partial charge in [-0.25, -0.2) is 4.98 Å². The molecule has 5 rings (SSSR count). The number of rotatable bonds is 8. The summed E-state index contributed by atoms with van der Waals surface area (Å²) in [5.41, 5.74) is 3.89. The lowest BCUT2D eigenvalue weighted by molar-refractivity contribution is -0.113. The molecule has 3 heterocycles. The molecule has 5 aromatic rings. The molecule has 0 spiro atoms. The van der Waals surface area contributed by atoms with Gasteiger partial charge in [-0.2, -0.15) is 0 Å².